The molecule has 0 bridgehead atoms. The highest BCUT2D eigenvalue weighted by Gasteiger charge is 2.10. The molecule has 0 aliphatic carbocycles. The van der Waals surface area contributed by atoms with Crippen LogP contribution in [0.25, 0.3) is 0 Å². The van der Waals surface area contributed by atoms with E-state index >= 15 is 0 Å². The molecular weight excluding hydrogens is 284 g/mol. The highest BCUT2D eigenvalue weighted by Crippen LogP contribution is 2.24. The average molecular weight is 295 g/mol. The van der Waals surface area contributed by atoms with Crippen LogP contribution in [-0.2, 0) is 0 Å². The lowest BCUT2D eigenvalue weighted by molar-refractivity contribution is 0.0997. The van der Waals surface area contributed by atoms with E-state index in [1.165, 1.54) is 11.8 Å². The number of pyridine rings is 1. The van der Waals surface area contributed by atoms with Crippen LogP contribution in [-0.4, -0.2) is 16.8 Å². The molecule has 1 aromatic carbocycles. The summed E-state index contributed by atoms with van der Waals surface area (Å²) in [7, 11) is 0. The SMILES string of the molecule is NC(=O)c1ccccc1SCNc1c(F)cncc1F. The number of primary amides is 1. The Morgan fingerprint density at radius 3 is 2.55 bits per heavy atom. The number of rotatable bonds is 5. The van der Waals surface area contributed by atoms with Crippen LogP contribution in [0.3, 0.4) is 0 Å². The lowest BCUT2D eigenvalue weighted by Gasteiger charge is -2.09. The number of amides is 1. The van der Waals surface area contributed by atoms with Gasteiger partial charge in [-0.3, -0.25) is 9.78 Å². The van der Waals surface area contributed by atoms with E-state index in [0.29, 0.717) is 10.5 Å². The van der Waals surface area contributed by atoms with Crippen LogP contribution < -0.4 is 11.1 Å². The molecule has 0 aliphatic rings. The minimum absolute atomic E-state index is 0.183. The van der Waals surface area contributed by atoms with Crippen LogP contribution in [0.15, 0.2) is 41.6 Å². The van der Waals surface area contributed by atoms with Gasteiger partial charge >= 0.3 is 0 Å². The van der Waals surface area contributed by atoms with E-state index in [4.69, 9.17) is 5.73 Å². The van der Waals surface area contributed by atoms with Crippen LogP contribution in [0, 0.1) is 11.6 Å². The van der Waals surface area contributed by atoms with E-state index in [0.717, 1.165) is 12.4 Å². The largest absolute Gasteiger partial charge is 0.371 e. The summed E-state index contributed by atoms with van der Waals surface area (Å²) in [5.74, 6) is -1.90. The van der Waals surface area contributed by atoms with Crippen molar-refractivity contribution in [2.75, 3.05) is 11.2 Å². The Hall–Kier alpha value is -2.15. The summed E-state index contributed by atoms with van der Waals surface area (Å²) in [6, 6.07) is 6.76. The van der Waals surface area contributed by atoms with Crippen molar-refractivity contribution in [1.29, 1.82) is 0 Å². The molecule has 1 amide bonds. The molecule has 0 aliphatic heterocycles. The van der Waals surface area contributed by atoms with Gasteiger partial charge < -0.3 is 11.1 Å². The van der Waals surface area contributed by atoms with Gasteiger partial charge in [-0.1, -0.05) is 12.1 Å². The maximum absolute atomic E-state index is 13.3. The molecule has 0 atom stereocenters. The second-order valence-corrected chi connectivity index (χ2v) is 4.82. The fraction of sp³-hybridized carbons (Fsp3) is 0.0769. The smallest absolute Gasteiger partial charge is 0.249 e. The predicted octanol–water partition coefficient (Wildman–Crippen LogP) is 2.62. The Bertz CT molecular complexity index is 617. The molecule has 0 radical (unpaired) electrons. The van der Waals surface area contributed by atoms with Crippen LogP contribution in [0.5, 0.6) is 0 Å². The van der Waals surface area contributed by atoms with Gasteiger partial charge in [-0.05, 0) is 12.1 Å². The second kappa shape index (κ2) is 6.33. The minimum atomic E-state index is -0.770. The lowest BCUT2D eigenvalue weighted by Crippen LogP contribution is -2.12. The third-order valence-corrected chi connectivity index (χ3v) is 3.44. The summed E-state index contributed by atoms with van der Waals surface area (Å²) in [6.45, 7) is 0. The quantitative estimate of drug-likeness (QED) is 0.657. The summed E-state index contributed by atoms with van der Waals surface area (Å²) in [6.07, 6.45) is 1.85. The van der Waals surface area contributed by atoms with E-state index in [1.807, 2.05) is 0 Å². The Labute approximate surface area is 118 Å². The van der Waals surface area contributed by atoms with Crippen LogP contribution >= 0.6 is 11.8 Å². The van der Waals surface area contributed by atoms with E-state index in [2.05, 4.69) is 10.3 Å². The van der Waals surface area contributed by atoms with Gasteiger partial charge in [0.2, 0.25) is 5.91 Å². The first-order valence-corrected chi connectivity index (χ1v) is 6.62. The number of hydrogen-bond donors (Lipinski definition) is 2. The van der Waals surface area contributed by atoms with Gasteiger partial charge in [0, 0.05) is 4.90 Å². The number of thioether (sulfide) groups is 1. The standard InChI is InChI=1S/C13H11F2N3OS/c14-9-5-17-6-10(15)12(9)18-7-20-11-4-2-1-3-8(11)13(16)19/h1-6H,7H2,(H2,16,19)(H,17,18). The van der Waals surface area contributed by atoms with Gasteiger partial charge in [-0.2, -0.15) is 0 Å². The van der Waals surface area contributed by atoms with E-state index in [9.17, 15) is 13.6 Å². The van der Waals surface area contributed by atoms with Gasteiger partial charge in [0.15, 0.2) is 11.6 Å². The van der Waals surface area contributed by atoms with E-state index < -0.39 is 17.5 Å². The van der Waals surface area contributed by atoms with Crippen molar-refractivity contribution in [2.45, 2.75) is 4.90 Å². The molecule has 0 saturated carbocycles. The number of nitrogens with zero attached hydrogens (tertiary/aromatic N) is 1. The molecule has 2 aromatic rings. The van der Waals surface area contributed by atoms with E-state index in [1.54, 1.807) is 24.3 Å². The van der Waals surface area contributed by atoms with Crippen molar-refractivity contribution in [3.05, 3.63) is 53.9 Å². The highest BCUT2D eigenvalue weighted by molar-refractivity contribution is 7.99. The molecule has 3 N–H and O–H groups in total. The number of carbonyl (C=O) groups excluding carboxylic acids is 1. The van der Waals surface area contributed by atoms with Crippen LogP contribution in [0.2, 0.25) is 0 Å². The zero-order valence-corrected chi connectivity index (χ0v) is 11.1. The van der Waals surface area contributed by atoms with Crippen molar-refractivity contribution < 1.29 is 13.6 Å². The summed E-state index contributed by atoms with van der Waals surface area (Å²) >= 11 is 1.22. The van der Waals surface area contributed by atoms with Crippen molar-refractivity contribution in [3.63, 3.8) is 0 Å². The average Bonchev–Trinajstić information content (AvgIpc) is 2.42. The maximum atomic E-state index is 13.3. The molecule has 20 heavy (non-hydrogen) atoms. The van der Waals surface area contributed by atoms with Crippen LogP contribution in [0.1, 0.15) is 10.4 Å². The normalized spacial score (nSPS) is 10.3. The molecule has 4 nitrogen and oxygen atoms in total. The fourth-order valence-corrected chi connectivity index (χ4v) is 2.43. The Kier molecular flexibility index (Phi) is 4.52. The Morgan fingerprint density at radius 2 is 1.90 bits per heavy atom. The van der Waals surface area contributed by atoms with Crippen molar-refractivity contribution in [3.8, 4) is 0 Å². The van der Waals surface area contributed by atoms with E-state index in [-0.39, 0.29) is 11.6 Å². The van der Waals surface area contributed by atoms with Gasteiger partial charge in [0.25, 0.3) is 0 Å². The molecule has 0 unspecified atom stereocenters. The number of benzene rings is 1. The molecule has 0 fully saturated rings. The number of anilines is 1. The maximum Gasteiger partial charge on any atom is 0.249 e. The molecule has 7 heteroatoms. The third kappa shape index (κ3) is 3.24. The lowest BCUT2D eigenvalue weighted by atomic mass is 10.2. The molecule has 2 rings (SSSR count). The van der Waals surface area contributed by atoms with Crippen molar-refractivity contribution in [2.24, 2.45) is 5.73 Å². The Balaban J connectivity index is 2.05. The summed E-state index contributed by atoms with van der Waals surface area (Å²) in [4.78, 5) is 15.3. The molecule has 1 heterocycles. The Morgan fingerprint density at radius 1 is 1.25 bits per heavy atom. The van der Waals surface area contributed by atoms with Gasteiger partial charge in [-0.25, -0.2) is 8.78 Å². The monoisotopic (exact) mass is 295 g/mol. The molecule has 104 valence electrons. The third-order valence-electron chi connectivity index (χ3n) is 2.48. The predicted molar refractivity (Wildman–Crippen MR) is 73.5 cm³/mol. The van der Waals surface area contributed by atoms with Crippen molar-refractivity contribution in [1.82, 2.24) is 4.98 Å². The molecular formula is C13H11F2N3OS. The van der Waals surface area contributed by atoms with Gasteiger partial charge in [-0.15, -0.1) is 11.8 Å². The second-order valence-electron chi connectivity index (χ2n) is 3.80. The topological polar surface area (TPSA) is 68.0 Å². The number of nitrogens with one attached hydrogen (secondary N) is 1. The molecule has 1 aromatic heterocycles. The van der Waals surface area contributed by atoms with Gasteiger partial charge in [0.05, 0.1) is 23.8 Å². The van der Waals surface area contributed by atoms with Crippen molar-refractivity contribution >= 4 is 23.4 Å². The molecule has 0 saturated heterocycles. The summed E-state index contributed by atoms with van der Waals surface area (Å²) < 4.78 is 26.7. The summed E-state index contributed by atoms with van der Waals surface area (Å²) in [5, 5.41) is 2.62. The van der Waals surface area contributed by atoms with Crippen LogP contribution in [0.4, 0.5) is 14.5 Å². The van der Waals surface area contributed by atoms with Gasteiger partial charge in [0.1, 0.15) is 5.69 Å². The first-order valence-electron chi connectivity index (χ1n) is 5.64. The number of nitrogens with two attached hydrogens (primary N) is 1. The summed E-state index contributed by atoms with van der Waals surface area (Å²) in [5.41, 5.74) is 5.37. The molecule has 0 spiro atoms. The number of aromatic nitrogens is 1. The first-order chi connectivity index (χ1) is 9.59. The number of halogens is 2. The number of carbonyl (C=O) groups is 1. The zero-order chi connectivity index (χ0) is 14.5. The first kappa shape index (κ1) is 14.3. The minimum Gasteiger partial charge on any atom is -0.371 e. The highest BCUT2D eigenvalue weighted by atomic mass is 32.2. The number of hydrogen-bond acceptors (Lipinski definition) is 4. The fourth-order valence-electron chi connectivity index (χ4n) is 1.56. The zero-order valence-electron chi connectivity index (χ0n) is 10.3.